The van der Waals surface area contributed by atoms with Crippen molar-refractivity contribution in [2.24, 2.45) is 23.7 Å². The molecule has 5 rings (SSSR count). The number of methoxy groups -OCH3 is 1. The van der Waals surface area contributed by atoms with Crippen molar-refractivity contribution in [1.29, 1.82) is 0 Å². The van der Waals surface area contributed by atoms with E-state index in [1.165, 1.54) is 7.11 Å². The standard InChI is InChI=1S/C32H40N4O5S/c1-19(2)12-25-18-41-28-16-27(29-20(3)8-6-9-21(29)4)34-31(35-28)36-42(38,39)26-11-7-10-23(15-26)30(25)24-13-22(14-24)17-33-32(37)40-5/h6-11,15-16,19,22,24-25,30H,12-14,17-18H2,1-5H3,(H,33,37)(H,34,35,36)/t22?,24?,25-,30?/m1/s1. The molecule has 2 atom stereocenters. The van der Waals surface area contributed by atoms with Crippen molar-refractivity contribution in [3.8, 4) is 17.1 Å². The molecule has 3 aromatic rings. The molecule has 0 spiro atoms. The molecular weight excluding hydrogens is 552 g/mol. The van der Waals surface area contributed by atoms with E-state index < -0.39 is 16.1 Å². The summed E-state index contributed by atoms with van der Waals surface area (Å²) in [7, 11) is -2.61. The van der Waals surface area contributed by atoms with Gasteiger partial charge in [0.25, 0.3) is 10.0 Å². The molecule has 0 radical (unpaired) electrons. The molecule has 10 heteroatoms. The first-order chi connectivity index (χ1) is 20.0. The molecule has 9 nitrogen and oxygen atoms in total. The third-order valence-corrected chi connectivity index (χ3v) is 9.77. The van der Waals surface area contributed by atoms with Gasteiger partial charge in [-0.05, 0) is 85.6 Å². The van der Waals surface area contributed by atoms with Gasteiger partial charge >= 0.3 is 6.09 Å². The highest BCUT2D eigenvalue weighted by Crippen LogP contribution is 2.48. The number of nitrogens with zero attached hydrogens (tertiary/aromatic N) is 2. The molecule has 0 saturated heterocycles. The molecular formula is C32H40N4O5S. The number of anilines is 1. The van der Waals surface area contributed by atoms with Gasteiger partial charge < -0.3 is 14.8 Å². The number of carbonyl (C=O) groups is 1. The quantitative estimate of drug-likeness (QED) is 0.356. The molecule has 2 aromatic carbocycles. The van der Waals surface area contributed by atoms with Gasteiger partial charge in [0.05, 0.1) is 24.3 Å². The van der Waals surface area contributed by atoms with Crippen molar-refractivity contribution < 1.29 is 22.7 Å². The van der Waals surface area contributed by atoms with Gasteiger partial charge in [0.2, 0.25) is 11.8 Å². The predicted molar refractivity (Wildman–Crippen MR) is 162 cm³/mol. The molecule has 2 heterocycles. The summed E-state index contributed by atoms with van der Waals surface area (Å²) in [6, 6.07) is 15.0. The van der Waals surface area contributed by atoms with Gasteiger partial charge in [-0.3, -0.25) is 0 Å². The summed E-state index contributed by atoms with van der Waals surface area (Å²) in [5.41, 5.74) is 4.58. The van der Waals surface area contributed by atoms with E-state index in [4.69, 9.17) is 9.47 Å². The van der Waals surface area contributed by atoms with Crippen LogP contribution in [0.25, 0.3) is 11.3 Å². The van der Waals surface area contributed by atoms with Gasteiger partial charge in [-0.1, -0.05) is 44.2 Å². The van der Waals surface area contributed by atoms with Crippen molar-refractivity contribution >= 4 is 22.1 Å². The highest BCUT2D eigenvalue weighted by molar-refractivity contribution is 7.92. The first-order valence-electron chi connectivity index (χ1n) is 14.6. The van der Waals surface area contributed by atoms with E-state index in [1.54, 1.807) is 18.2 Å². The third-order valence-electron chi connectivity index (χ3n) is 8.45. The number of hydrogen-bond donors (Lipinski definition) is 2. The third kappa shape index (κ3) is 6.53. The minimum atomic E-state index is -3.97. The van der Waals surface area contributed by atoms with Crippen molar-refractivity contribution in [2.45, 2.75) is 57.8 Å². The molecule has 224 valence electrons. The Morgan fingerprint density at radius 2 is 1.81 bits per heavy atom. The molecule has 2 N–H and O–H groups in total. The van der Waals surface area contributed by atoms with Crippen LogP contribution in [0, 0.1) is 37.5 Å². The summed E-state index contributed by atoms with van der Waals surface area (Å²) >= 11 is 0. The van der Waals surface area contributed by atoms with Gasteiger partial charge in [0.15, 0.2) is 0 Å². The Morgan fingerprint density at radius 1 is 1.10 bits per heavy atom. The number of ether oxygens (including phenoxy) is 2. The van der Waals surface area contributed by atoms with Crippen LogP contribution in [0.5, 0.6) is 5.88 Å². The summed E-state index contributed by atoms with van der Waals surface area (Å²) in [4.78, 5) is 20.9. The monoisotopic (exact) mass is 592 g/mol. The number of fused-ring (bicyclic) bond motifs is 4. The number of amides is 1. The van der Waals surface area contributed by atoms with Crippen LogP contribution in [-0.4, -0.2) is 44.7 Å². The second-order valence-electron chi connectivity index (χ2n) is 12.1. The van der Waals surface area contributed by atoms with Crippen LogP contribution in [0.4, 0.5) is 10.7 Å². The lowest BCUT2D eigenvalue weighted by Gasteiger charge is -2.44. The lowest BCUT2D eigenvalue weighted by atomic mass is 9.62. The van der Waals surface area contributed by atoms with Gasteiger partial charge in [0.1, 0.15) is 0 Å². The smallest absolute Gasteiger partial charge is 0.406 e. The minimum absolute atomic E-state index is 0.0203. The lowest BCUT2D eigenvalue weighted by molar-refractivity contribution is 0.0914. The van der Waals surface area contributed by atoms with Crippen LogP contribution < -0.4 is 14.8 Å². The average molecular weight is 593 g/mol. The Kier molecular flexibility index (Phi) is 8.73. The maximum Gasteiger partial charge on any atom is 0.406 e. The number of rotatable bonds is 6. The SMILES string of the molecule is COC(=O)NCC1CC(C2c3cccc(c3)S(=O)(=O)Nc3nc(cc(-c4c(C)cccc4C)n3)OC[C@H]2CC(C)C)C1. The van der Waals surface area contributed by atoms with E-state index in [-0.39, 0.29) is 22.7 Å². The number of nitrogens with one attached hydrogen (secondary N) is 2. The zero-order chi connectivity index (χ0) is 30.0. The summed E-state index contributed by atoms with van der Waals surface area (Å²) in [6.07, 6.45) is 2.33. The van der Waals surface area contributed by atoms with E-state index in [0.717, 1.165) is 41.5 Å². The number of hydrogen-bond acceptors (Lipinski definition) is 7. The van der Waals surface area contributed by atoms with Crippen molar-refractivity contribution in [3.63, 3.8) is 0 Å². The molecule has 4 bridgehead atoms. The zero-order valence-corrected chi connectivity index (χ0v) is 25.7. The summed E-state index contributed by atoms with van der Waals surface area (Å²) in [6.45, 7) is 9.41. The predicted octanol–water partition coefficient (Wildman–Crippen LogP) is 6.08. The fourth-order valence-electron chi connectivity index (χ4n) is 6.55. The van der Waals surface area contributed by atoms with E-state index >= 15 is 0 Å². The lowest BCUT2D eigenvalue weighted by Crippen LogP contribution is -2.40. The number of aryl methyl sites for hydroxylation is 2. The largest absolute Gasteiger partial charge is 0.477 e. The maximum absolute atomic E-state index is 13.6. The Labute approximate surface area is 248 Å². The molecule has 1 fully saturated rings. The van der Waals surface area contributed by atoms with Crippen LogP contribution in [0.3, 0.4) is 0 Å². The first kappa shape index (κ1) is 29.8. The minimum Gasteiger partial charge on any atom is -0.477 e. The molecule has 1 aromatic heterocycles. The number of benzene rings is 2. The van der Waals surface area contributed by atoms with Gasteiger partial charge in [-0.2, -0.15) is 4.98 Å². The Bertz CT molecular complexity index is 1530. The average Bonchev–Trinajstić information content (AvgIpc) is 2.91. The molecule has 1 aliphatic heterocycles. The van der Waals surface area contributed by atoms with E-state index in [0.29, 0.717) is 42.5 Å². The summed E-state index contributed by atoms with van der Waals surface area (Å²) in [5.74, 6) is 1.59. The normalized spacial score (nSPS) is 22.9. The Hall–Kier alpha value is -3.66. The number of alkyl carbamates (subject to hydrolysis) is 1. The first-order valence-corrected chi connectivity index (χ1v) is 16.1. The molecule has 1 saturated carbocycles. The molecule has 1 amide bonds. The fourth-order valence-corrected chi connectivity index (χ4v) is 7.55. The molecule has 1 unspecified atom stereocenters. The van der Waals surface area contributed by atoms with Crippen LogP contribution >= 0.6 is 0 Å². The topological polar surface area (TPSA) is 120 Å². The second kappa shape index (κ2) is 12.3. The van der Waals surface area contributed by atoms with Crippen molar-refractivity contribution in [3.05, 3.63) is 65.2 Å². The highest BCUT2D eigenvalue weighted by Gasteiger charge is 2.40. The summed E-state index contributed by atoms with van der Waals surface area (Å²) in [5, 5.41) is 2.82. The van der Waals surface area contributed by atoms with Gasteiger partial charge in [-0.15, -0.1) is 0 Å². The van der Waals surface area contributed by atoms with Crippen LogP contribution in [-0.2, 0) is 14.8 Å². The summed E-state index contributed by atoms with van der Waals surface area (Å²) < 4.78 is 41.0. The van der Waals surface area contributed by atoms with E-state index in [9.17, 15) is 13.2 Å². The van der Waals surface area contributed by atoms with Gasteiger partial charge in [0, 0.05) is 24.1 Å². The van der Waals surface area contributed by atoms with Crippen LogP contribution in [0.1, 0.15) is 55.7 Å². The van der Waals surface area contributed by atoms with E-state index in [2.05, 4.69) is 33.9 Å². The van der Waals surface area contributed by atoms with Gasteiger partial charge in [-0.25, -0.2) is 22.9 Å². The molecule has 2 aliphatic rings. The maximum atomic E-state index is 13.6. The van der Waals surface area contributed by atoms with Crippen LogP contribution in [0.2, 0.25) is 0 Å². The van der Waals surface area contributed by atoms with E-state index in [1.807, 2.05) is 44.2 Å². The van der Waals surface area contributed by atoms with Crippen LogP contribution in [0.15, 0.2) is 53.4 Å². The zero-order valence-electron chi connectivity index (χ0n) is 24.9. The Balaban J connectivity index is 1.55. The highest BCUT2D eigenvalue weighted by atomic mass is 32.2. The Morgan fingerprint density at radius 3 is 2.50 bits per heavy atom. The molecule has 42 heavy (non-hydrogen) atoms. The number of sulfonamides is 1. The fraction of sp³-hybridized carbons (Fsp3) is 0.469. The number of carbonyl (C=O) groups excluding carboxylic acids is 1. The van der Waals surface area contributed by atoms with Crippen molar-refractivity contribution in [2.75, 3.05) is 25.0 Å². The van der Waals surface area contributed by atoms with Crippen molar-refractivity contribution in [1.82, 2.24) is 15.3 Å². The second-order valence-corrected chi connectivity index (χ2v) is 13.7. The molecule has 1 aliphatic carbocycles. The number of aromatic nitrogens is 2.